The number of carbonyl (C=O) groups is 1. The number of pyridine rings is 1. The molecule has 1 aromatic carbocycles. The summed E-state index contributed by atoms with van der Waals surface area (Å²) in [6, 6.07) is 12.4. The van der Waals surface area contributed by atoms with Crippen molar-refractivity contribution >= 4 is 28.5 Å². The molecule has 0 fully saturated rings. The maximum Gasteiger partial charge on any atom is 0.343 e. The Morgan fingerprint density at radius 2 is 2.00 bits per heavy atom. The lowest BCUT2D eigenvalue weighted by atomic mass is 10.1. The fraction of sp³-hybridized carbons (Fsp3) is 0.105. The van der Waals surface area contributed by atoms with Crippen LogP contribution < -0.4 is 10.5 Å². The van der Waals surface area contributed by atoms with Crippen LogP contribution in [0.4, 0.5) is 5.69 Å². The van der Waals surface area contributed by atoms with Crippen LogP contribution in [0, 0.1) is 0 Å². The van der Waals surface area contributed by atoms with Gasteiger partial charge >= 0.3 is 5.63 Å². The average Bonchev–Trinajstić information content (AvgIpc) is 2.59. The molecular weight excluding hydrogens is 304 g/mol. The van der Waals surface area contributed by atoms with Crippen molar-refractivity contribution in [3.8, 4) is 0 Å². The van der Waals surface area contributed by atoms with E-state index in [2.05, 4.69) is 4.98 Å². The first-order chi connectivity index (χ1) is 11.5. The van der Waals surface area contributed by atoms with E-state index in [1.54, 1.807) is 30.5 Å². The number of aromatic nitrogens is 1. The summed E-state index contributed by atoms with van der Waals surface area (Å²) in [6.07, 6.45) is 4.34. The summed E-state index contributed by atoms with van der Waals surface area (Å²) < 4.78 is 5.36. The molecule has 120 valence electrons. The van der Waals surface area contributed by atoms with E-state index in [1.807, 2.05) is 37.2 Å². The molecule has 2 heterocycles. The van der Waals surface area contributed by atoms with E-state index in [0.717, 1.165) is 11.1 Å². The van der Waals surface area contributed by atoms with Gasteiger partial charge in [-0.25, -0.2) is 4.79 Å². The van der Waals surface area contributed by atoms with Crippen molar-refractivity contribution in [3.63, 3.8) is 0 Å². The highest BCUT2D eigenvalue weighted by molar-refractivity contribution is 6.05. The Morgan fingerprint density at radius 3 is 2.71 bits per heavy atom. The summed E-state index contributed by atoms with van der Waals surface area (Å²) in [6.45, 7) is 0. The van der Waals surface area contributed by atoms with Gasteiger partial charge < -0.3 is 9.32 Å². The third-order valence-electron chi connectivity index (χ3n) is 3.59. The van der Waals surface area contributed by atoms with E-state index in [1.165, 1.54) is 12.2 Å². The minimum absolute atomic E-state index is 0.266. The SMILES string of the molecule is CN(C)c1ccc2cc(/C=C/C(=O)c3ccccn3)c(=O)oc2c1. The van der Waals surface area contributed by atoms with Crippen LogP contribution in [0.3, 0.4) is 0 Å². The second kappa shape index (κ2) is 6.50. The molecular formula is C19H16N2O3. The van der Waals surface area contributed by atoms with Gasteiger partial charge in [-0.15, -0.1) is 0 Å². The molecule has 3 aromatic rings. The van der Waals surface area contributed by atoms with Crippen molar-refractivity contribution in [1.82, 2.24) is 4.98 Å². The van der Waals surface area contributed by atoms with Gasteiger partial charge in [0.15, 0.2) is 0 Å². The Kier molecular flexibility index (Phi) is 4.24. The Labute approximate surface area is 138 Å². The average molecular weight is 320 g/mol. The predicted molar refractivity (Wildman–Crippen MR) is 94.4 cm³/mol. The zero-order chi connectivity index (χ0) is 17.1. The molecule has 0 atom stereocenters. The second-order valence-electron chi connectivity index (χ2n) is 5.52. The Morgan fingerprint density at radius 1 is 1.17 bits per heavy atom. The molecule has 2 aromatic heterocycles. The van der Waals surface area contributed by atoms with E-state index in [-0.39, 0.29) is 5.78 Å². The van der Waals surface area contributed by atoms with Gasteiger partial charge in [0.05, 0.1) is 5.56 Å². The summed E-state index contributed by atoms with van der Waals surface area (Å²) in [4.78, 5) is 30.0. The van der Waals surface area contributed by atoms with Gasteiger partial charge in [0, 0.05) is 37.4 Å². The molecule has 0 aliphatic heterocycles. The van der Waals surface area contributed by atoms with E-state index in [0.29, 0.717) is 16.8 Å². The summed E-state index contributed by atoms with van der Waals surface area (Å²) in [7, 11) is 3.83. The Hall–Kier alpha value is -3.21. The van der Waals surface area contributed by atoms with E-state index >= 15 is 0 Å². The maximum absolute atomic E-state index is 12.1. The second-order valence-corrected chi connectivity index (χ2v) is 5.52. The molecule has 0 bridgehead atoms. The Balaban J connectivity index is 1.94. The summed E-state index contributed by atoms with van der Waals surface area (Å²) in [5.41, 5.74) is 1.63. The molecule has 0 aliphatic carbocycles. The molecule has 24 heavy (non-hydrogen) atoms. The third kappa shape index (κ3) is 3.25. The van der Waals surface area contributed by atoms with Crippen LogP contribution in [0.1, 0.15) is 16.1 Å². The van der Waals surface area contributed by atoms with E-state index in [4.69, 9.17) is 4.42 Å². The zero-order valence-corrected chi connectivity index (χ0v) is 13.4. The molecule has 0 spiro atoms. The van der Waals surface area contributed by atoms with Crippen molar-refractivity contribution in [2.24, 2.45) is 0 Å². The zero-order valence-electron chi connectivity index (χ0n) is 13.4. The first kappa shape index (κ1) is 15.7. The standard InChI is InChI=1S/C19H16N2O3/c1-21(2)15-8-6-13-11-14(19(23)24-18(13)12-15)7-9-17(22)16-5-3-4-10-20-16/h3-12H,1-2H3/b9-7+. The number of hydrogen-bond donors (Lipinski definition) is 0. The molecule has 0 unspecified atom stereocenters. The molecule has 0 saturated carbocycles. The van der Waals surface area contributed by atoms with Crippen LogP contribution >= 0.6 is 0 Å². The van der Waals surface area contributed by atoms with Gasteiger partial charge in [0.2, 0.25) is 5.78 Å². The normalized spacial score (nSPS) is 11.1. The number of benzene rings is 1. The number of carbonyl (C=O) groups excluding carboxylic acids is 1. The van der Waals surface area contributed by atoms with E-state index < -0.39 is 5.63 Å². The van der Waals surface area contributed by atoms with Crippen LogP contribution in [-0.2, 0) is 0 Å². The first-order valence-electron chi connectivity index (χ1n) is 7.43. The van der Waals surface area contributed by atoms with Crippen molar-refractivity contribution in [2.75, 3.05) is 19.0 Å². The van der Waals surface area contributed by atoms with Crippen molar-refractivity contribution in [2.45, 2.75) is 0 Å². The van der Waals surface area contributed by atoms with Gasteiger partial charge in [0.1, 0.15) is 11.3 Å². The number of hydrogen-bond acceptors (Lipinski definition) is 5. The van der Waals surface area contributed by atoms with Crippen molar-refractivity contribution in [1.29, 1.82) is 0 Å². The number of fused-ring (bicyclic) bond motifs is 1. The van der Waals surface area contributed by atoms with Gasteiger partial charge in [-0.2, -0.15) is 0 Å². The lowest BCUT2D eigenvalue weighted by molar-refractivity contribution is 0.104. The topological polar surface area (TPSA) is 63.4 Å². The first-order valence-corrected chi connectivity index (χ1v) is 7.43. The molecule has 0 saturated heterocycles. The van der Waals surface area contributed by atoms with Gasteiger partial charge in [-0.05, 0) is 42.5 Å². The number of nitrogens with zero attached hydrogens (tertiary/aromatic N) is 2. The fourth-order valence-corrected chi connectivity index (χ4v) is 2.27. The molecule has 5 heteroatoms. The maximum atomic E-state index is 12.1. The molecule has 3 rings (SSSR count). The lowest BCUT2D eigenvalue weighted by Crippen LogP contribution is -2.09. The largest absolute Gasteiger partial charge is 0.422 e. The van der Waals surface area contributed by atoms with Crippen LogP contribution in [0.25, 0.3) is 17.0 Å². The fourth-order valence-electron chi connectivity index (χ4n) is 2.27. The number of rotatable bonds is 4. The minimum atomic E-state index is -0.483. The summed E-state index contributed by atoms with van der Waals surface area (Å²) in [5.74, 6) is -0.266. The lowest BCUT2D eigenvalue weighted by Gasteiger charge is -2.12. The quantitative estimate of drug-likeness (QED) is 0.420. The molecule has 0 amide bonds. The molecule has 5 nitrogen and oxygen atoms in total. The van der Waals surface area contributed by atoms with Crippen molar-refractivity contribution in [3.05, 3.63) is 76.4 Å². The Bertz CT molecular complexity index is 973. The van der Waals surface area contributed by atoms with Crippen molar-refractivity contribution < 1.29 is 9.21 Å². The molecule has 0 aliphatic rings. The van der Waals surface area contributed by atoms with Crippen LogP contribution in [0.15, 0.2) is 63.9 Å². The summed E-state index contributed by atoms with van der Waals surface area (Å²) >= 11 is 0. The highest BCUT2D eigenvalue weighted by atomic mass is 16.4. The number of allylic oxidation sites excluding steroid dienone is 1. The van der Waals surface area contributed by atoms with Crippen LogP contribution in [0.5, 0.6) is 0 Å². The predicted octanol–water partition coefficient (Wildman–Crippen LogP) is 3.15. The van der Waals surface area contributed by atoms with Gasteiger partial charge in [0.25, 0.3) is 0 Å². The van der Waals surface area contributed by atoms with Gasteiger partial charge in [-0.1, -0.05) is 6.07 Å². The number of ketones is 1. The monoisotopic (exact) mass is 320 g/mol. The molecule has 0 radical (unpaired) electrons. The molecule has 0 N–H and O–H groups in total. The third-order valence-corrected chi connectivity index (χ3v) is 3.59. The highest BCUT2D eigenvalue weighted by Crippen LogP contribution is 2.20. The number of anilines is 1. The van der Waals surface area contributed by atoms with E-state index in [9.17, 15) is 9.59 Å². The highest BCUT2D eigenvalue weighted by Gasteiger charge is 2.06. The van der Waals surface area contributed by atoms with Gasteiger partial charge in [-0.3, -0.25) is 9.78 Å². The minimum Gasteiger partial charge on any atom is -0.422 e. The summed E-state index contributed by atoms with van der Waals surface area (Å²) in [5, 5.41) is 0.796. The van der Waals surface area contributed by atoms with Crippen LogP contribution in [0.2, 0.25) is 0 Å². The smallest absolute Gasteiger partial charge is 0.343 e. The van der Waals surface area contributed by atoms with Crippen LogP contribution in [-0.4, -0.2) is 24.9 Å².